The molecule has 7 nitrogen and oxygen atoms in total. The Morgan fingerprint density at radius 3 is 1.87 bits per heavy atom. The molecule has 0 aromatic heterocycles. The topological polar surface area (TPSA) is 107 Å². The van der Waals surface area contributed by atoms with E-state index in [2.05, 4.69) is 67.8 Å². The van der Waals surface area contributed by atoms with Crippen molar-refractivity contribution in [3.63, 3.8) is 0 Å². The Balaban J connectivity index is 1.21. The van der Waals surface area contributed by atoms with Crippen molar-refractivity contribution in [2.75, 3.05) is 0 Å². The van der Waals surface area contributed by atoms with Crippen molar-refractivity contribution in [3.05, 3.63) is 51.7 Å². The third-order valence-electron chi connectivity index (χ3n) is 11.6. The summed E-state index contributed by atoms with van der Waals surface area (Å²) in [5.41, 5.74) is 0.324. The van der Waals surface area contributed by atoms with Crippen molar-refractivity contribution in [2.24, 2.45) is 17.3 Å². The monoisotopic (exact) mass is 998 g/mol. The smallest absolute Gasteiger partial charge is 0.339 e. The molecule has 2 unspecified atom stereocenters. The molecule has 8 rings (SSSR count). The summed E-state index contributed by atoms with van der Waals surface area (Å²) < 4.78 is 52.3. The minimum absolute atomic E-state index is 0.00389. The molecule has 2 aromatic rings. The second kappa shape index (κ2) is 13.6. The molecule has 6 aliphatic carbocycles. The van der Waals surface area contributed by atoms with Crippen LogP contribution in [0.3, 0.4) is 0 Å². The summed E-state index contributed by atoms with van der Waals surface area (Å²) in [6, 6.07) is 7.39. The molecule has 0 spiro atoms. The van der Waals surface area contributed by atoms with Crippen molar-refractivity contribution in [1.29, 1.82) is 0 Å². The van der Waals surface area contributed by atoms with Gasteiger partial charge in [0.25, 0.3) is 10.1 Å². The van der Waals surface area contributed by atoms with Gasteiger partial charge in [-0.05, 0) is 185 Å². The van der Waals surface area contributed by atoms with E-state index < -0.39 is 21.1 Å². The van der Waals surface area contributed by atoms with E-state index in [4.69, 9.17) is 9.47 Å². The van der Waals surface area contributed by atoms with Gasteiger partial charge in [0.1, 0.15) is 16.2 Å². The molecule has 6 saturated carbocycles. The van der Waals surface area contributed by atoms with Gasteiger partial charge >= 0.3 is 11.9 Å². The number of esters is 2. The van der Waals surface area contributed by atoms with E-state index in [1.54, 1.807) is 12.1 Å². The van der Waals surface area contributed by atoms with Crippen LogP contribution in [0.2, 0.25) is 0 Å². The van der Waals surface area contributed by atoms with Gasteiger partial charge in [-0.15, -0.1) is 0 Å². The molecule has 6 fully saturated rings. The van der Waals surface area contributed by atoms with E-state index in [0.29, 0.717) is 41.7 Å². The van der Waals surface area contributed by atoms with Crippen LogP contribution in [-0.2, 0) is 19.6 Å². The third kappa shape index (κ3) is 7.04. The predicted molar refractivity (Wildman–Crippen MR) is 203 cm³/mol. The van der Waals surface area contributed by atoms with Gasteiger partial charge in [0.05, 0.1) is 11.0 Å². The maximum absolute atomic E-state index is 14.4. The summed E-state index contributed by atoms with van der Waals surface area (Å²) >= 11 is 6.68. The first-order valence-electron chi connectivity index (χ1n) is 17.1. The van der Waals surface area contributed by atoms with Crippen LogP contribution in [0.4, 0.5) is 0 Å². The van der Waals surface area contributed by atoms with Gasteiger partial charge in [-0.1, -0.05) is 38.5 Å². The Bertz CT molecular complexity index is 1640. The average molecular weight is 998 g/mol. The average Bonchev–Trinajstić information content (AvgIpc) is 3.01. The van der Waals surface area contributed by atoms with Gasteiger partial charge in [-0.25, -0.2) is 4.79 Å². The van der Waals surface area contributed by atoms with Crippen molar-refractivity contribution in [1.82, 2.24) is 0 Å². The lowest BCUT2D eigenvalue weighted by Crippen LogP contribution is -2.60. The van der Waals surface area contributed by atoms with Gasteiger partial charge in [0.15, 0.2) is 0 Å². The third-order valence-corrected chi connectivity index (χ3v) is 16.3. The number of hydrogen-bond acceptors (Lipinski definition) is 6. The number of benzene rings is 2. The second-order valence-corrected chi connectivity index (χ2v) is 19.9. The van der Waals surface area contributed by atoms with E-state index in [1.807, 2.05) is 12.1 Å². The van der Waals surface area contributed by atoms with Gasteiger partial charge in [-0.3, -0.25) is 9.35 Å². The van der Waals surface area contributed by atoms with Crippen LogP contribution in [0.25, 0.3) is 0 Å². The van der Waals surface area contributed by atoms with Crippen molar-refractivity contribution >= 4 is 89.8 Å². The lowest BCUT2D eigenvalue weighted by molar-refractivity contribution is -0.189. The minimum Gasteiger partial charge on any atom is -0.455 e. The summed E-state index contributed by atoms with van der Waals surface area (Å²) in [6.07, 6.45) is 14.1. The summed E-state index contributed by atoms with van der Waals surface area (Å²) in [7, 11) is -4.49. The number of carbonyl (C=O) groups is 2. The molecule has 47 heavy (non-hydrogen) atoms. The standard InChI is InChI=1S/C36H41I3O7S/c37-25-12-29(31(39)30(38)13-25)33(40)46-36-18-21-11-22(19-36)17-35(16-21,20-36)34(41)45-26-14-27(23-7-3-1-4-8-23)32(47(42,43)44)28(15-26)24-9-5-2-6-10-24/h12-15,21-24H,1-11,16-20H2,(H,42,43,44). The van der Waals surface area contributed by atoms with Gasteiger partial charge in [-0.2, -0.15) is 8.42 Å². The lowest BCUT2D eigenvalue weighted by Gasteiger charge is -2.59. The van der Waals surface area contributed by atoms with Crippen LogP contribution in [-0.4, -0.2) is 30.5 Å². The molecule has 11 heteroatoms. The molecule has 0 radical (unpaired) electrons. The Kier molecular flexibility index (Phi) is 10.1. The molecule has 2 aromatic carbocycles. The zero-order valence-electron chi connectivity index (χ0n) is 26.4. The SMILES string of the molecule is O=C(OC12CC3CC(C1)CC(C(=O)Oc1cc(C4CCCCC4)c(S(=O)(=O)O)c(C4CCCCC4)c1)(C3)C2)c1cc(I)cc(I)c1I. The summed E-state index contributed by atoms with van der Waals surface area (Å²) in [6.45, 7) is 0. The highest BCUT2D eigenvalue weighted by molar-refractivity contribution is 14.1. The number of rotatable bonds is 7. The van der Waals surface area contributed by atoms with Crippen molar-refractivity contribution in [2.45, 2.75) is 125 Å². The first-order valence-corrected chi connectivity index (χ1v) is 21.8. The van der Waals surface area contributed by atoms with Crippen LogP contribution in [0.5, 0.6) is 5.75 Å². The fraction of sp³-hybridized carbons (Fsp3) is 0.611. The highest BCUT2D eigenvalue weighted by Crippen LogP contribution is 2.63. The molecule has 0 heterocycles. The quantitative estimate of drug-likeness (QED) is 0.0969. The lowest BCUT2D eigenvalue weighted by atomic mass is 9.48. The van der Waals surface area contributed by atoms with Crippen LogP contribution < -0.4 is 4.74 Å². The zero-order chi connectivity index (χ0) is 33.1. The highest BCUT2D eigenvalue weighted by atomic mass is 127. The molecule has 2 atom stereocenters. The zero-order valence-corrected chi connectivity index (χ0v) is 33.7. The van der Waals surface area contributed by atoms with Gasteiger partial charge < -0.3 is 9.47 Å². The maximum atomic E-state index is 14.4. The number of carbonyl (C=O) groups excluding carboxylic acids is 2. The van der Waals surface area contributed by atoms with Crippen LogP contribution in [0, 0.1) is 28.0 Å². The summed E-state index contributed by atoms with van der Waals surface area (Å²) in [4.78, 5) is 28.2. The number of hydrogen-bond donors (Lipinski definition) is 1. The molecule has 0 saturated heterocycles. The Morgan fingerprint density at radius 2 is 1.34 bits per heavy atom. The van der Waals surface area contributed by atoms with E-state index in [1.165, 1.54) is 0 Å². The van der Waals surface area contributed by atoms with E-state index in [0.717, 1.165) is 94.2 Å². The Morgan fingerprint density at radius 1 is 0.787 bits per heavy atom. The highest BCUT2D eigenvalue weighted by Gasteiger charge is 2.63. The van der Waals surface area contributed by atoms with Gasteiger partial charge in [0.2, 0.25) is 0 Å². The van der Waals surface area contributed by atoms with E-state index in [9.17, 15) is 22.6 Å². The number of halogens is 3. The van der Waals surface area contributed by atoms with Crippen molar-refractivity contribution in [3.8, 4) is 5.75 Å². The fourth-order valence-electron chi connectivity index (χ4n) is 10.1. The molecule has 1 N–H and O–H groups in total. The first kappa shape index (κ1) is 34.9. The van der Waals surface area contributed by atoms with Gasteiger partial charge in [0, 0.05) is 17.1 Å². The molecule has 0 aliphatic heterocycles. The molecule has 254 valence electrons. The largest absolute Gasteiger partial charge is 0.455 e. The molecular formula is C36H41I3O7S. The van der Waals surface area contributed by atoms with Crippen LogP contribution in [0.1, 0.15) is 136 Å². The fourth-order valence-corrected chi connectivity index (χ4v) is 13.6. The maximum Gasteiger partial charge on any atom is 0.339 e. The minimum atomic E-state index is -4.49. The second-order valence-electron chi connectivity index (χ2n) is 15.0. The number of ether oxygens (including phenoxy) is 2. The molecule has 4 bridgehead atoms. The summed E-state index contributed by atoms with van der Waals surface area (Å²) in [5.74, 6) is 0.314. The first-order chi connectivity index (χ1) is 22.3. The van der Waals surface area contributed by atoms with Crippen molar-refractivity contribution < 1.29 is 32.0 Å². The normalized spacial score (nSPS) is 29.5. The predicted octanol–water partition coefficient (Wildman–Crippen LogP) is 9.94. The van der Waals surface area contributed by atoms with Crippen LogP contribution >= 0.6 is 67.8 Å². The van der Waals surface area contributed by atoms with Crippen LogP contribution in [0.15, 0.2) is 29.2 Å². The molecule has 6 aliphatic rings. The van der Waals surface area contributed by atoms with E-state index in [-0.39, 0.29) is 40.5 Å². The Hall–Kier alpha value is -0.520. The summed E-state index contributed by atoms with van der Waals surface area (Å²) in [5, 5.41) is 0. The molecular weight excluding hydrogens is 957 g/mol. The van der Waals surface area contributed by atoms with E-state index >= 15 is 0 Å². The molecule has 0 amide bonds. The Labute approximate surface area is 318 Å².